The van der Waals surface area contributed by atoms with Crippen molar-refractivity contribution in [1.82, 2.24) is 10.9 Å². The molecule has 14 heteroatoms. The molecular weight excluding hydrogens is 767 g/mol. The molecule has 2 N–H and O–H groups in total. The van der Waals surface area contributed by atoms with Crippen LogP contribution < -0.4 is 20.3 Å². The number of amides is 2. The molecule has 0 heterocycles. The average molecular weight is 789 g/mol. The highest BCUT2D eigenvalue weighted by Gasteiger charge is 2.14. The SMILES string of the molecule is O=C(CCC(=O)N/N=C/c1cc(Br)ccc1OC(=O)c1ccc(Cl)cc1)N/N=C\c1cc(Br)ccc1OC(=O)c1ccc(Cl)cc1. The van der Waals surface area contributed by atoms with Gasteiger partial charge in [0.15, 0.2) is 0 Å². The van der Waals surface area contributed by atoms with Crippen molar-refractivity contribution in [1.29, 1.82) is 0 Å². The van der Waals surface area contributed by atoms with Gasteiger partial charge in [-0.15, -0.1) is 0 Å². The first-order valence-corrected chi connectivity index (χ1v) is 15.6. The number of hydrazone groups is 2. The van der Waals surface area contributed by atoms with Crippen molar-refractivity contribution in [2.45, 2.75) is 12.8 Å². The van der Waals surface area contributed by atoms with Gasteiger partial charge in [0.25, 0.3) is 0 Å². The van der Waals surface area contributed by atoms with Crippen LogP contribution in [0.1, 0.15) is 44.7 Å². The Bertz CT molecular complexity index is 1680. The fourth-order valence-corrected chi connectivity index (χ4v) is 4.61. The van der Waals surface area contributed by atoms with Gasteiger partial charge in [0.05, 0.1) is 23.6 Å². The maximum absolute atomic E-state index is 12.5. The second-order valence-electron chi connectivity index (χ2n) is 9.24. The van der Waals surface area contributed by atoms with E-state index in [9.17, 15) is 19.2 Å². The number of esters is 2. The summed E-state index contributed by atoms with van der Waals surface area (Å²) in [6.45, 7) is 0. The van der Waals surface area contributed by atoms with Gasteiger partial charge in [-0.1, -0.05) is 55.1 Å². The summed E-state index contributed by atoms with van der Waals surface area (Å²) >= 11 is 18.5. The van der Waals surface area contributed by atoms with Crippen molar-refractivity contribution in [2.75, 3.05) is 0 Å². The summed E-state index contributed by atoms with van der Waals surface area (Å²) in [7, 11) is 0. The van der Waals surface area contributed by atoms with Crippen LogP contribution in [0.25, 0.3) is 0 Å². The van der Waals surface area contributed by atoms with Crippen molar-refractivity contribution in [3.8, 4) is 11.5 Å². The van der Waals surface area contributed by atoms with E-state index in [2.05, 4.69) is 52.9 Å². The van der Waals surface area contributed by atoms with E-state index in [0.717, 1.165) is 0 Å². The molecule has 0 radical (unpaired) electrons. The summed E-state index contributed by atoms with van der Waals surface area (Å²) in [5.41, 5.74) is 6.11. The normalized spacial score (nSPS) is 11.0. The van der Waals surface area contributed by atoms with Gasteiger partial charge in [-0.2, -0.15) is 10.2 Å². The Labute approximate surface area is 290 Å². The maximum atomic E-state index is 12.5. The minimum absolute atomic E-state index is 0.184. The smallest absolute Gasteiger partial charge is 0.343 e. The van der Waals surface area contributed by atoms with E-state index in [1.165, 1.54) is 36.7 Å². The lowest BCUT2D eigenvalue weighted by atomic mass is 10.2. The molecule has 0 aliphatic rings. The van der Waals surface area contributed by atoms with Crippen molar-refractivity contribution in [3.05, 3.63) is 126 Å². The molecule has 46 heavy (non-hydrogen) atoms. The Morgan fingerprint density at radius 2 is 0.978 bits per heavy atom. The second-order valence-corrected chi connectivity index (χ2v) is 11.9. The largest absolute Gasteiger partial charge is 0.422 e. The van der Waals surface area contributed by atoms with Crippen LogP contribution in [-0.2, 0) is 9.59 Å². The molecule has 4 rings (SSSR count). The molecule has 4 aromatic carbocycles. The summed E-state index contributed by atoms with van der Waals surface area (Å²) in [6.07, 6.45) is 2.26. The lowest BCUT2D eigenvalue weighted by Gasteiger charge is -2.08. The molecule has 10 nitrogen and oxygen atoms in total. The Morgan fingerprint density at radius 1 is 0.609 bits per heavy atom. The Morgan fingerprint density at radius 3 is 1.35 bits per heavy atom. The zero-order chi connectivity index (χ0) is 33.1. The molecule has 0 spiro atoms. The van der Waals surface area contributed by atoms with Crippen LogP contribution in [0.5, 0.6) is 11.5 Å². The molecule has 0 saturated heterocycles. The van der Waals surface area contributed by atoms with Crippen molar-refractivity contribution < 1.29 is 28.7 Å². The summed E-state index contributed by atoms with van der Waals surface area (Å²) < 4.78 is 12.4. The van der Waals surface area contributed by atoms with E-state index in [-0.39, 0.29) is 24.3 Å². The first-order chi connectivity index (χ1) is 22.1. The quantitative estimate of drug-likeness (QED) is 0.0707. The minimum Gasteiger partial charge on any atom is -0.422 e. The highest BCUT2D eigenvalue weighted by molar-refractivity contribution is 9.10. The second kappa shape index (κ2) is 16.8. The predicted molar refractivity (Wildman–Crippen MR) is 182 cm³/mol. The fourth-order valence-electron chi connectivity index (χ4n) is 3.60. The van der Waals surface area contributed by atoms with Gasteiger partial charge in [0.1, 0.15) is 11.5 Å². The van der Waals surface area contributed by atoms with Crippen LogP contribution in [0.4, 0.5) is 0 Å². The third kappa shape index (κ3) is 10.6. The highest BCUT2D eigenvalue weighted by atomic mass is 79.9. The maximum Gasteiger partial charge on any atom is 0.343 e. The van der Waals surface area contributed by atoms with Gasteiger partial charge in [-0.3, -0.25) is 9.59 Å². The van der Waals surface area contributed by atoms with Gasteiger partial charge < -0.3 is 9.47 Å². The molecule has 0 bridgehead atoms. The molecule has 0 atom stereocenters. The Balaban J connectivity index is 1.27. The van der Waals surface area contributed by atoms with Crippen LogP contribution >= 0.6 is 55.1 Å². The van der Waals surface area contributed by atoms with Gasteiger partial charge in [-0.25, -0.2) is 20.4 Å². The minimum atomic E-state index is -0.596. The summed E-state index contributed by atoms with van der Waals surface area (Å²) in [6, 6.07) is 22.3. The van der Waals surface area contributed by atoms with Crippen LogP contribution in [-0.4, -0.2) is 36.2 Å². The van der Waals surface area contributed by atoms with Crippen molar-refractivity contribution >= 4 is 91.2 Å². The first kappa shape index (κ1) is 34.5. The van der Waals surface area contributed by atoms with Gasteiger partial charge in [-0.05, 0) is 84.9 Å². The number of carbonyl (C=O) groups excluding carboxylic acids is 4. The monoisotopic (exact) mass is 786 g/mol. The predicted octanol–water partition coefficient (Wildman–Crippen LogP) is 7.34. The van der Waals surface area contributed by atoms with Gasteiger partial charge >= 0.3 is 11.9 Å². The lowest BCUT2D eigenvalue weighted by Crippen LogP contribution is -2.23. The molecule has 2 amide bonds. The molecule has 0 aliphatic carbocycles. The van der Waals surface area contributed by atoms with E-state index in [1.54, 1.807) is 60.7 Å². The molecule has 0 aromatic heterocycles. The van der Waals surface area contributed by atoms with E-state index in [0.29, 0.717) is 41.2 Å². The number of rotatable bonds is 11. The summed E-state index contributed by atoms with van der Waals surface area (Å²) in [4.78, 5) is 49.6. The molecule has 0 fully saturated rings. The number of benzene rings is 4. The molecule has 0 saturated carbocycles. The van der Waals surface area contributed by atoms with Crippen LogP contribution in [0, 0.1) is 0 Å². The molecule has 0 unspecified atom stereocenters. The topological polar surface area (TPSA) is 136 Å². The summed E-state index contributed by atoms with van der Waals surface area (Å²) in [5, 5.41) is 8.80. The molecule has 0 aliphatic heterocycles. The zero-order valence-electron chi connectivity index (χ0n) is 23.5. The highest BCUT2D eigenvalue weighted by Crippen LogP contribution is 2.24. The van der Waals surface area contributed by atoms with E-state index >= 15 is 0 Å². The zero-order valence-corrected chi connectivity index (χ0v) is 28.2. The van der Waals surface area contributed by atoms with Gasteiger partial charge in [0.2, 0.25) is 11.8 Å². The van der Waals surface area contributed by atoms with E-state index < -0.39 is 23.8 Å². The van der Waals surface area contributed by atoms with Crippen LogP contribution in [0.15, 0.2) is 104 Å². The number of ether oxygens (including phenoxy) is 2. The number of nitrogens with zero attached hydrogens (tertiary/aromatic N) is 2. The Kier molecular flexibility index (Phi) is 12.6. The van der Waals surface area contributed by atoms with Crippen LogP contribution in [0.3, 0.4) is 0 Å². The molecule has 234 valence electrons. The number of halogens is 4. The van der Waals surface area contributed by atoms with Gasteiger partial charge in [0, 0.05) is 43.0 Å². The lowest BCUT2D eigenvalue weighted by molar-refractivity contribution is -0.126. The standard InChI is InChI=1S/C32H22Br2Cl2N4O6/c33-23-5-11-27(45-31(43)19-1-7-25(35)8-2-19)21(15-23)17-37-39-29(41)13-14-30(42)40-38-18-22-16-24(34)6-12-28(22)46-32(44)20-3-9-26(36)10-4-20/h1-12,15-18H,13-14H2,(H,39,41)(H,40,42)/b37-17-,38-18+. The number of nitrogens with one attached hydrogen (secondary N) is 2. The third-order valence-corrected chi connectivity index (χ3v) is 7.36. The molecule has 4 aromatic rings. The first-order valence-electron chi connectivity index (χ1n) is 13.3. The van der Waals surface area contributed by atoms with E-state index in [4.69, 9.17) is 32.7 Å². The summed E-state index contributed by atoms with van der Waals surface area (Å²) in [5.74, 6) is -1.83. The molecular formula is C32H22Br2Cl2N4O6. The van der Waals surface area contributed by atoms with Crippen LogP contribution in [0.2, 0.25) is 10.0 Å². The Hall–Kier alpha value is -4.36. The third-order valence-electron chi connectivity index (χ3n) is 5.87. The number of hydrogen-bond acceptors (Lipinski definition) is 8. The number of carbonyl (C=O) groups is 4. The van der Waals surface area contributed by atoms with Crippen molar-refractivity contribution in [2.24, 2.45) is 10.2 Å². The fraction of sp³-hybridized carbons (Fsp3) is 0.0625. The van der Waals surface area contributed by atoms with Crippen molar-refractivity contribution in [3.63, 3.8) is 0 Å². The number of hydrogen-bond donors (Lipinski definition) is 2. The average Bonchev–Trinajstić information content (AvgIpc) is 3.03. The van der Waals surface area contributed by atoms with E-state index in [1.807, 2.05) is 0 Å².